The summed E-state index contributed by atoms with van der Waals surface area (Å²) < 4.78 is 5.69. The number of ketones is 1. The van der Waals surface area contributed by atoms with Gasteiger partial charge >= 0.3 is 5.97 Å². The molecule has 2 N–H and O–H groups in total. The van der Waals surface area contributed by atoms with E-state index in [1.807, 2.05) is 0 Å². The van der Waals surface area contributed by atoms with Gasteiger partial charge in [-0.2, -0.15) is 0 Å². The Morgan fingerprint density at radius 1 is 1.16 bits per heavy atom. The number of hydrogen-bond acceptors (Lipinski definition) is 6. The molecule has 1 unspecified atom stereocenters. The van der Waals surface area contributed by atoms with Gasteiger partial charge in [0.05, 0.1) is 31.8 Å². The number of aromatic carboxylic acids is 1. The normalized spacial score (nSPS) is 18.5. The molecule has 0 saturated carbocycles. The first kappa shape index (κ1) is 23.1. The third kappa shape index (κ3) is 5.78. The van der Waals surface area contributed by atoms with Gasteiger partial charge in [0.2, 0.25) is 5.91 Å². The number of amides is 1. The van der Waals surface area contributed by atoms with Crippen LogP contribution in [0, 0.1) is 0 Å². The maximum Gasteiger partial charge on any atom is 0.345 e. The summed E-state index contributed by atoms with van der Waals surface area (Å²) in [5.74, 6) is -1.09. The molecule has 31 heavy (non-hydrogen) atoms. The fourth-order valence-corrected chi connectivity index (χ4v) is 4.41. The first-order chi connectivity index (χ1) is 14.9. The molecular weight excluding hydrogens is 418 g/mol. The molecule has 1 amide bonds. The van der Waals surface area contributed by atoms with Gasteiger partial charge in [0.25, 0.3) is 0 Å². The molecule has 166 valence electrons. The van der Waals surface area contributed by atoms with Crippen LogP contribution in [-0.2, 0) is 16.1 Å². The van der Waals surface area contributed by atoms with Crippen molar-refractivity contribution < 1.29 is 29.3 Å². The number of aliphatic hydroxyl groups is 1. The van der Waals surface area contributed by atoms with Crippen LogP contribution >= 0.6 is 11.3 Å². The Hall–Kier alpha value is -2.55. The molecule has 1 saturated heterocycles. The molecule has 0 bridgehead atoms. The number of thiophene rings is 1. The van der Waals surface area contributed by atoms with Crippen LogP contribution in [0.4, 0.5) is 5.69 Å². The van der Waals surface area contributed by atoms with Crippen molar-refractivity contribution in [3.05, 3.63) is 51.7 Å². The molecule has 0 radical (unpaired) electrons. The van der Waals surface area contributed by atoms with Crippen molar-refractivity contribution in [2.45, 2.75) is 57.8 Å². The van der Waals surface area contributed by atoms with E-state index in [0.717, 1.165) is 35.5 Å². The number of Topliss-reactive ketones (excluding diaryl/α,β-unsaturated/α-hetero) is 1. The summed E-state index contributed by atoms with van der Waals surface area (Å²) in [6, 6.07) is 9.58. The molecule has 1 aromatic heterocycles. The molecule has 2 atom stereocenters. The molecule has 0 spiro atoms. The topological polar surface area (TPSA) is 104 Å². The zero-order valence-corrected chi connectivity index (χ0v) is 18.3. The first-order valence-corrected chi connectivity index (χ1v) is 11.3. The first-order valence-electron chi connectivity index (χ1n) is 10.4. The van der Waals surface area contributed by atoms with Crippen LogP contribution in [0.15, 0.2) is 36.4 Å². The summed E-state index contributed by atoms with van der Waals surface area (Å²) in [6.45, 7) is 2.41. The molecule has 1 aliphatic heterocycles. The lowest BCUT2D eigenvalue weighted by Crippen LogP contribution is -2.40. The molecule has 2 heterocycles. The average molecular weight is 446 g/mol. The summed E-state index contributed by atoms with van der Waals surface area (Å²) >= 11 is 1.13. The van der Waals surface area contributed by atoms with E-state index >= 15 is 0 Å². The van der Waals surface area contributed by atoms with Crippen LogP contribution in [0.25, 0.3) is 0 Å². The van der Waals surface area contributed by atoms with Crippen molar-refractivity contribution in [1.82, 2.24) is 0 Å². The fraction of sp³-hybridized carbons (Fsp3) is 0.435. The Bertz CT molecular complexity index is 922. The van der Waals surface area contributed by atoms with Gasteiger partial charge in [-0.05, 0) is 42.8 Å². The molecule has 7 nitrogen and oxygen atoms in total. The maximum absolute atomic E-state index is 12.5. The van der Waals surface area contributed by atoms with Crippen LogP contribution in [0.2, 0.25) is 0 Å². The monoisotopic (exact) mass is 445 g/mol. The third-order valence-corrected chi connectivity index (χ3v) is 6.36. The fourth-order valence-electron chi connectivity index (χ4n) is 3.63. The van der Waals surface area contributed by atoms with Crippen molar-refractivity contribution in [3.63, 3.8) is 0 Å². The number of hydrogen-bond donors (Lipinski definition) is 2. The zero-order chi connectivity index (χ0) is 22.4. The van der Waals surface area contributed by atoms with Crippen molar-refractivity contribution in [1.29, 1.82) is 0 Å². The van der Waals surface area contributed by atoms with E-state index in [1.165, 1.54) is 11.0 Å². The Morgan fingerprint density at radius 3 is 2.55 bits per heavy atom. The number of unbranched alkanes of at least 4 members (excludes halogenated alkanes) is 2. The number of rotatable bonds is 11. The van der Waals surface area contributed by atoms with Crippen LogP contribution in [0.3, 0.4) is 0 Å². The average Bonchev–Trinajstić information content (AvgIpc) is 3.33. The van der Waals surface area contributed by atoms with Gasteiger partial charge in [-0.1, -0.05) is 19.8 Å². The quantitative estimate of drug-likeness (QED) is 0.402. The zero-order valence-electron chi connectivity index (χ0n) is 17.5. The van der Waals surface area contributed by atoms with E-state index in [-0.39, 0.29) is 36.2 Å². The molecule has 1 fully saturated rings. The number of carboxylic acid groups (broad SMARTS) is 1. The summed E-state index contributed by atoms with van der Waals surface area (Å²) in [5.41, 5.74) is 1.23. The number of carbonyl (C=O) groups excluding carboxylic acids is 2. The third-order valence-electron chi connectivity index (χ3n) is 5.31. The molecule has 1 aromatic carbocycles. The van der Waals surface area contributed by atoms with Crippen molar-refractivity contribution in [3.8, 4) is 0 Å². The van der Waals surface area contributed by atoms with Crippen LogP contribution in [-0.4, -0.2) is 46.6 Å². The van der Waals surface area contributed by atoms with E-state index in [9.17, 15) is 19.5 Å². The minimum absolute atomic E-state index is 0.00783. The Balaban J connectivity index is 1.62. The Morgan fingerprint density at radius 2 is 1.90 bits per heavy atom. The highest BCUT2D eigenvalue weighted by molar-refractivity contribution is 7.13. The van der Waals surface area contributed by atoms with E-state index in [0.29, 0.717) is 17.7 Å². The van der Waals surface area contributed by atoms with E-state index < -0.39 is 18.1 Å². The van der Waals surface area contributed by atoms with Crippen molar-refractivity contribution >= 4 is 34.7 Å². The summed E-state index contributed by atoms with van der Waals surface area (Å²) in [7, 11) is 0. The highest BCUT2D eigenvalue weighted by Gasteiger charge is 2.39. The molecule has 2 aromatic rings. The number of anilines is 1. The highest BCUT2D eigenvalue weighted by atomic mass is 32.1. The van der Waals surface area contributed by atoms with Crippen LogP contribution in [0.1, 0.15) is 63.9 Å². The predicted molar refractivity (Wildman–Crippen MR) is 118 cm³/mol. The summed E-state index contributed by atoms with van der Waals surface area (Å²) in [5, 5.41) is 19.4. The highest BCUT2D eigenvalue weighted by Crippen LogP contribution is 2.28. The number of carboxylic acids is 1. The number of aliphatic hydroxyl groups excluding tert-OH is 1. The van der Waals surface area contributed by atoms with Gasteiger partial charge in [0.15, 0.2) is 5.78 Å². The second kappa shape index (κ2) is 10.7. The molecule has 3 rings (SSSR count). The van der Waals surface area contributed by atoms with Crippen molar-refractivity contribution in [2.75, 3.05) is 11.5 Å². The van der Waals surface area contributed by atoms with Gasteiger partial charge in [0.1, 0.15) is 4.88 Å². The summed E-state index contributed by atoms with van der Waals surface area (Å²) in [6.07, 6.45) is 2.61. The Kier molecular flexibility index (Phi) is 7.95. The lowest BCUT2D eigenvalue weighted by Gasteiger charge is -2.26. The lowest BCUT2D eigenvalue weighted by molar-refractivity contribution is -0.117. The number of benzene rings is 1. The maximum atomic E-state index is 12.5. The lowest BCUT2D eigenvalue weighted by atomic mass is 10.0. The number of carbonyl (C=O) groups is 3. The van der Waals surface area contributed by atoms with E-state index in [4.69, 9.17) is 9.84 Å². The van der Waals surface area contributed by atoms with E-state index in [1.54, 1.807) is 30.3 Å². The van der Waals surface area contributed by atoms with Crippen LogP contribution < -0.4 is 4.90 Å². The molecular formula is C23H27NO6S. The number of nitrogens with zero attached hydrogens (tertiary/aromatic N) is 1. The minimum Gasteiger partial charge on any atom is -0.477 e. The van der Waals surface area contributed by atoms with Gasteiger partial charge in [-0.15, -0.1) is 11.3 Å². The standard InChI is InChI=1S/C23H27NO6S/c1-2-3-4-5-19(25)15-6-8-16(9-7-15)24-18(20(26)12-22(24)27)14-30-13-17-10-11-21(31-17)23(28)29/h6-11,18,20,26H,2-5,12-14H2,1H3,(H,28,29)/t18?,20-/m0/s1. The van der Waals surface area contributed by atoms with Crippen LogP contribution in [0.5, 0.6) is 0 Å². The smallest absolute Gasteiger partial charge is 0.345 e. The second-order valence-corrected chi connectivity index (χ2v) is 8.78. The van der Waals surface area contributed by atoms with E-state index in [2.05, 4.69) is 6.92 Å². The number of ether oxygens (including phenoxy) is 1. The predicted octanol–water partition coefficient (Wildman–Crippen LogP) is 3.89. The van der Waals surface area contributed by atoms with Gasteiger partial charge < -0.3 is 19.8 Å². The second-order valence-electron chi connectivity index (χ2n) is 7.62. The minimum atomic E-state index is -0.980. The largest absolute Gasteiger partial charge is 0.477 e. The Labute approximate surface area is 185 Å². The van der Waals surface area contributed by atoms with Gasteiger partial charge in [0, 0.05) is 22.5 Å². The summed E-state index contributed by atoms with van der Waals surface area (Å²) in [4.78, 5) is 38.3. The molecule has 1 aliphatic rings. The SMILES string of the molecule is CCCCCC(=O)c1ccc(N2C(=O)C[C@H](O)C2COCc2ccc(C(=O)O)s2)cc1. The van der Waals surface area contributed by atoms with Gasteiger partial charge in [-0.25, -0.2) is 4.79 Å². The van der Waals surface area contributed by atoms with Crippen molar-refractivity contribution in [2.24, 2.45) is 0 Å². The van der Waals surface area contributed by atoms with Gasteiger partial charge in [-0.3, -0.25) is 9.59 Å². The molecule has 8 heteroatoms. The molecule has 0 aliphatic carbocycles.